The van der Waals surface area contributed by atoms with Crippen LogP contribution in [-0.2, 0) is 22.6 Å². The van der Waals surface area contributed by atoms with Gasteiger partial charge in [0.25, 0.3) is 0 Å². The Balaban J connectivity index is 1.42. The Morgan fingerprint density at radius 1 is 1.11 bits per heavy atom. The number of nitrogens with one attached hydrogen (secondary N) is 2. The molecule has 4 rings (SSSR count). The maximum absolute atomic E-state index is 13.3. The van der Waals surface area contributed by atoms with Crippen molar-refractivity contribution in [1.29, 1.82) is 5.41 Å². The molecule has 1 fully saturated rings. The van der Waals surface area contributed by atoms with E-state index in [4.69, 9.17) is 16.9 Å². The molecular weight excluding hydrogens is 446 g/mol. The predicted molar refractivity (Wildman–Crippen MR) is 129 cm³/mol. The van der Waals surface area contributed by atoms with Crippen molar-refractivity contribution >= 4 is 17.6 Å². The van der Waals surface area contributed by atoms with Crippen molar-refractivity contribution in [1.82, 2.24) is 30.4 Å². The van der Waals surface area contributed by atoms with E-state index in [0.717, 1.165) is 11.1 Å². The second-order valence-corrected chi connectivity index (χ2v) is 8.64. The standard InChI is InChI=1S/C24H29N9O2/c25-20(11-8-16-4-2-1-3-5-16)24(35)32-14-19(33-15-29-30-31-33)12-21(32)23(34)28-13-17-6-9-18(10-7-17)22(26)27/h1-7,9-10,15,19-21H,8,11-14,25H2,(H3,26,27)(H,28,34)/t19-,20+,21-/m0/s1. The Kier molecular flexibility index (Phi) is 7.46. The minimum atomic E-state index is -0.725. The molecule has 2 aromatic carbocycles. The zero-order chi connectivity index (χ0) is 24.8. The average Bonchev–Trinajstić information content (AvgIpc) is 3.57. The van der Waals surface area contributed by atoms with Crippen molar-refractivity contribution in [3.8, 4) is 0 Å². The van der Waals surface area contributed by atoms with Gasteiger partial charge in [0.1, 0.15) is 18.2 Å². The molecule has 3 aromatic rings. The monoisotopic (exact) mass is 475 g/mol. The molecule has 1 aliphatic rings. The fourth-order valence-corrected chi connectivity index (χ4v) is 4.25. The summed E-state index contributed by atoms with van der Waals surface area (Å²) >= 11 is 0. The molecular formula is C24H29N9O2. The predicted octanol–water partition coefficient (Wildman–Crippen LogP) is 0.376. The topological polar surface area (TPSA) is 169 Å². The van der Waals surface area contributed by atoms with E-state index in [-0.39, 0.29) is 30.2 Å². The van der Waals surface area contributed by atoms with Gasteiger partial charge in [0.2, 0.25) is 11.8 Å². The quantitative estimate of drug-likeness (QED) is 0.256. The highest BCUT2D eigenvalue weighted by atomic mass is 16.2. The fraction of sp³-hybridized carbons (Fsp3) is 0.333. The average molecular weight is 476 g/mol. The minimum Gasteiger partial charge on any atom is -0.384 e. The summed E-state index contributed by atoms with van der Waals surface area (Å²) < 4.78 is 1.57. The molecule has 11 heteroatoms. The number of aromatic nitrogens is 4. The van der Waals surface area contributed by atoms with E-state index >= 15 is 0 Å². The van der Waals surface area contributed by atoms with Gasteiger partial charge in [-0.15, -0.1) is 5.10 Å². The molecule has 0 radical (unpaired) electrons. The Bertz CT molecular complexity index is 1150. The summed E-state index contributed by atoms with van der Waals surface area (Å²) in [6.45, 7) is 0.583. The highest BCUT2D eigenvalue weighted by Crippen LogP contribution is 2.28. The van der Waals surface area contributed by atoms with E-state index in [1.807, 2.05) is 30.3 Å². The Morgan fingerprint density at radius 2 is 1.86 bits per heavy atom. The van der Waals surface area contributed by atoms with Crippen molar-refractivity contribution in [3.05, 3.63) is 77.6 Å². The summed E-state index contributed by atoms with van der Waals surface area (Å²) in [7, 11) is 0. The van der Waals surface area contributed by atoms with Crippen LogP contribution in [0, 0.1) is 5.41 Å². The summed E-state index contributed by atoms with van der Waals surface area (Å²) in [5, 5.41) is 21.7. The molecule has 0 aliphatic carbocycles. The SMILES string of the molecule is N=C(N)c1ccc(CNC(=O)[C@@H]2C[C@H](n3cnnn3)CN2C(=O)[C@H](N)CCc2ccccc2)cc1. The first-order chi connectivity index (χ1) is 16.9. The van der Waals surface area contributed by atoms with Gasteiger partial charge >= 0.3 is 0 Å². The molecule has 35 heavy (non-hydrogen) atoms. The van der Waals surface area contributed by atoms with Crippen LogP contribution in [0.15, 0.2) is 60.9 Å². The highest BCUT2D eigenvalue weighted by molar-refractivity contribution is 5.95. The minimum absolute atomic E-state index is 0.0158. The number of aryl methyl sites for hydroxylation is 1. The van der Waals surface area contributed by atoms with Crippen molar-refractivity contribution in [2.24, 2.45) is 11.5 Å². The molecule has 1 aromatic heterocycles. The number of amides is 2. The van der Waals surface area contributed by atoms with E-state index in [9.17, 15) is 9.59 Å². The highest BCUT2D eigenvalue weighted by Gasteiger charge is 2.42. The van der Waals surface area contributed by atoms with Crippen molar-refractivity contribution in [2.45, 2.75) is 43.9 Å². The van der Waals surface area contributed by atoms with Crippen LogP contribution < -0.4 is 16.8 Å². The van der Waals surface area contributed by atoms with Crippen LogP contribution in [0.1, 0.15) is 35.6 Å². The van der Waals surface area contributed by atoms with Gasteiger partial charge < -0.3 is 21.7 Å². The number of hydrogen-bond donors (Lipinski definition) is 4. The number of rotatable bonds is 9. The van der Waals surface area contributed by atoms with Gasteiger partial charge in [0, 0.05) is 25.1 Å². The van der Waals surface area contributed by atoms with E-state index < -0.39 is 12.1 Å². The van der Waals surface area contributed by atoms with Gasteiger partial charge in [0.05, 0.1) is 12.1 Å². The third-order valence-electron chi connectivity index (χ3n) is 6.24. The van der Waals surface area contributed by atoms with Crippen LogP contribution in [-0.4, -0.2) is 61.4 Å². The van der Waals surface area contributed by atoms with Crippen LogP contribution in [0.4, 0.5) is 0 Å². The first kappa shape index (κ1) is 24.0. The summed E-state index contributed by atoms with van der Waals surface area (Å²) in [6, 6.07) is 15.3. The normalized spacial score (nSPS) is 18.3. The molecule has 0 unspecified atom stereocenters. The van der Waals surface area contributed by atoms with E-state index in [2.05, 4.69) is 20.8 Å². The number of likely N-dealkylation sites (tertiary alicyclic amines) is 1. The molecule has 3 atom stereocenters. The molecule has 182 valence electrons. The van der Waals surface area contributed by atoms with Gasteiger partial charge in [-0.3, -0.25) is 15.0 Å². The van der Waals surface area contributed by atoms with Gasteiger partial charge in [-0.05, 0) is 34.4 Å². The maximum Gasteiger partial charge on any atom is 0.243 e. The van der Waals surface area contributed by atoms with E-state index in [1.165, 1.54) is 6.33 Å². The number of carbonyl (C=O) groups excluding carboxylic acids is 2. The lowest BCUT2D eigenvalue weighted by atomic mass is 10.0. The number of nitrogens with two attached hydrogens (primary N) is 2. The third-order valence-corrected chi connectivity index (χ3v) is 6.24. The number of carbonyl (C=O) groups is 2. The Morgan fingerprint density at radius 3 is 2.51 bits per heavy atom. The lowest BCUT2D eigenvalue weighted by molar-refractivity contribution is -0.139. The van der Waals surface area contributed by atoms with Gasteiger partial charge in [-0.25, -0.2) is 4.68 Å². The molecule has 1 saturated heterocycles. The largest absolute Gasteiger partial charge is 0.384 e. The molecule has 2 heterocycles. The number of benzene rings is 2. The third kappa shape index (κ3) is 5.87. The Labute approximate surface area is 203 Å². The first-order valence-electron chi connectivity index (χ1n) is 11.5. The van der Waals surface area contributed by atoms with Crippen molar-refractivity contribution in [2.75, 3.05) is 6.54 Å². The first-order valence-corrected chi connectivity index (χ1v) is 11.5. The van der Waals surface area contributed by atoms with Crippen molar-refractivity contribution in [3.63, 3.8) is 0 Å². The summed E-state index contributed by atoms with van der Waals surface area (Å²) in [6.07, 6.45) is 3.02. The van der Waals surface area contributed by atoms with Gasteiger partial charge in [0.15, 0.2) is 0 Å². The fourth-order valence-electron chi connectivity index (χ4n) is 4.25. The number of hydrogen-bond acceptors (Lipinski definition) is 7. The van der Waals surface area contributed by atoms with Gasteiger partial charge in [-0.2, -0.15) is 0 Å². The van der Waals surface area contributed by atoms with Crippen LogP contribution in [0.2, 0.25) is 0 Å². The zero-order valence-corrected chi connectivity index (χ0v) is 19.2. The van der Waals surface area contributed by atoms with Crippen molar-refractivity contribution < 1.29 is 9.59 Å². The molecule has 6 N–H and O–H groups in total. The molecule has 0 saturated carbocycles. The second kappa shape index (κ2) is 10.9. The summed E-state index contributed by atoms with van der Waals surface area (Å²) in [5.41, 5.74) is 14.3. The van der Waals surface area contributed by atoms with Gasteiger partial charge in [-0.1, -0.05) is 54.6 Å². The van der Waals surface area contributed by atoms with Crippen LogP contribution >= 0.6 is 0 Å². The number of amidine groups is 1. The van der Waals surface area contributed by atoms with Crippen LogP contribution in [0.25, 0.3) is 0 Å². The number of nitrogens with zero attached hydrogens (tertiary/aromatic N) is 5. The zero-order valence-electron chi connectivity index (χ0n) is 19.2. The smallest absolute Gasteiger partial charge is 0.243 e. The molecule has 1 aliphatic heterocycles. The summed E-state index contributed by atoms with van der Waals surface area (Å²) in [4.78, 5) is 28.0. The Hall–Kier alpha value is -4.12. The maximum atomic E-state index is 13.3. The lowest BCUT2D eigenvalue weighted by Crippen LogP contribution is -2.51. The molecule has 2 amide bonds. The van der Waals surface area contributed by atoms with Crippen LogP contribution in [0.3, 0.4) is 0 Å². The summed E-state index contributed by atoms with van der Waals surface area (Å²) in [5.74, 6) is -0.541. The second-order valence-electron chi connectivity index (χ2n) is 8.64. The van der Waals surface area contributed by atoms with Crippen LogP contribution in [0.5, 0.6) is 0 Å². The molecule has 0 spiro atoms. The molecule has 0 bridgehead atoms. The van der Waals surface area contributed by atoms with E-state index in [1.54, 1.807) is 33.8 Å². The number of tetrazole rings is 1. The number of nitrogen functional groups attached to an aromatic ring is 1. The lowest BCUT2D eigenvalue weighted by Gasteiger charge is -2.26. The molecule has 11 nitrogen and oxygen atoms in total. The van der Waals surface area contributed by atoms with E-state index in [0.29, 0.717) is 31.4 Å².